The van der Waals surface area contributed by atoms with Crippen LogP contribution in [0.4, 0.5) is 0 Å². The molecule has 0 aliphatic carbocycles. The maximum absolute atomic E-state index is 11.8. The van der Waals surface area contributed by atoms with Gasteiger partial charge in [0.1, 0.15) is 5.76 Å². The fourth-order valence-electron chi connectivity index (χ4n) is 1.14. The maximum Gasteiger partial charge on any atom is 0.310 e. The van der Waals surface area contributed by atoms with Crippen LogP contribution in [0.15, 0.2) is 35.9 Å². The lowest BCUT2D eigenvalue weighted by atomic mass is 10.4. The topological polar surface area (TPSA) is 46.3 Å². The lowest BCUT2D eigenvalue weighted by molar-refractivity contribution is 0.0750. The molecule has 0 saturated heterocycles. The molecule has 0 fully saturated rings. The smallest absolute Gasteiger partial charge is 0.310 e. The van der Waals surface area contributed by atoms with Crippen molar-refractivity contribution in [3.63, 3.8) is 0 Å². The minimum Gasteiger partial charge on any atom is -0.438 e. The van der Waals surface area contributed by atoms with Crippen LogP contribution in [0.2, 0.25) is 0 Å². The highest BCUT2D eigenvalue weighted by atomic mass is 16.4. The van der Waals surface area contributed by atoms with E-state index < -0.39 is 0 Å². The zero-order chi connectivity index (χ0) is 11.3. The first-order valence-corrected chi connectivity index (χ1v) is 4.62. The number of hydrogen-bond donors (Lipinski definition) is 0. The van der Waals surface area contributed by atoms with E-state index in [1.54, 1.807) is 24.0 Å². The van der Waals surface area contributed by atoms with E-state index in [4.69, 9.17) is 4.42 Å². The van der Waals surface area contributed by atoms with E-state index in [1.807, 2.05) is 0 Å². The third kappa shape index (κ3) is 2.80. The van der Waals surface area contributed by atoms with Crippen LogP contribution < -0.4 is 0 Å². The predicted octanol–water partition coefficient (Wildman–Crippen LogP) is 1.80. The molecule has 4 nitrogen and oxygen atoms in total. The number of oxazole rings is 1. The van der Waals surface area contributed by atoms with Crippen LogP contribution >= 0.6 is 0 Å². The SMILES string of the molecule is C=CCN(CC=C)C(=O)c1ncc(C)o1. The minimum atomic E-state index is -0.247. The molecule has 0 aromatic carbocycles. The van der Waals surface area contributed by atoms with E-state index in [9.17, 15) is 4.79 Å². The highest BCUT2D eigenvalue weighted by molar-refractivity contribution is 5.89. The predicted molar refractivity (Wildman–Crippen MR) is 57.5 cm³/mol. The number of carbonyl (C=O) groups excluding carboxylic acids is 1. The van der Waals surface area contributed by atoms with Crippen LogP contribution in [0.25, 0.3) is 0 Å². The van der Waals surface area contributed by atoms with E-state index in [0.717, 1.165) is 0 Å². The van der Waals surface area contributed by atoms with Crippen molar-refractivity contribution < 1.29 is 9.21 Å². The number of hydrogen-bond acceptors (Lipinski definition) is 3. The molecule has 1 aromatic rings. The number of aromatic nitrogens is 1. The fraction of sp³-hybridized carbons (Fsp3) is 0.273. The number of nitrogens with zero attached hydrogens (tertiary/aromatic N) is 2. The molecule has 0 aliphatic rings. The number of aryl methyl sites for hydroxylation is 1. The molecule has 0 atom stereocenters. The van der Waals surface area contributed by atoms with E-state index in [0.29, 0.717) is 18.8 Å². The fourth-order valence-corrected chi connectivity index (χ4v) is 1.14. The molecule has 0 aliphatic heterocycles. The van der Waals surface area contributed by atoms with E-state index in [-0.39, 0.29) is 11.8 Å². The molecular formula is C11H14N2O2. The van der Waals surface area contributed by atoms with Gasteiger partial charge in [-0.05, 0) is 6.92 Å². The van der Waals surface area contributed by atoms with Crippen LogP contribution in [0.1, 0.15) is 16.4 Å². The van der Waals surface area contributed by atoms with Gasteiger partial charge in [-0.1, -0.05) is 12.2 Å². The summed E-state index contributed by atoms with van der Waals surface area (Å²) in [4.78, 5) is 17.2. The molecule has 0 saturated carbocycles. The Morgan fingerprint density at radius 3 is 2.53 bits per heavy atom. The van der Waals surface area contributed by atoms with Gasteiger partial charge >= 0.3 is 5.91 Å². The molecule has 1 aromatic heterocycles. The molecule has 80 valence electrons. The van der Waals surface area contributed by atoms with E-state index in [1.165, 1.54) is 6.20 Å². The van der Waals surface area contributed by atoms with E-state index in [2.05, 4.69) is 18.1 Å². The van der Waals surface area contributed by atoms with Gasteiger partial charge in [0.25, 0.3) is 5.89 Å². The summed E-state index contributed by atoms with van der Waals surface area (Å²) < 4.78 is 5.15. The monoisotopic (exact) mass is 206 g/mol. The molecular weight excluding hydrogens is 192 g/mol. The van der Waals surface area contributed by atoms with Crippen LogP contribution in [0.5, 0.6) is 0 Å². The summed E-state index contributed by atoms with van der Waals surface area (Å²) in [6.45, 7) is 9.82. The molecule has 4 heteroatoms. The van der Waals surface area contributed by atoms with Crippen molar-refractivity contribution >= 4 is 5.91 Å². The Morgan fingerprint density at radius 2 is 2.13 bits per heavy atom. The molecule has 0 spiro atoms. The summed E-state index contributed by atoms with van der Waals surface area (Å²) in [5.41, 5.74) is 0. The van der Waals surface area contributed by atoms with Gasteiger partial charge in [-0.2, -0.15) is 0 Å². The summed E-state index contributed by atoms with van der Waals surface area (Å²) in [7, 11) is 0. The second-order valence-corrected chi connectivity index (χ2v) is 3.06. The molecule has 0 unspecified atom stereocenters. The first-order chi connectivity index (χ1) is 7.19. The summed E-state index contributed by atoms with van der Waals surface area (Å²) >= 11 is 0. The van der Waals surface area contributed by atoms with E-state index >= 15 is 0 Å². The van der Waals surface area contributed by atoms with Gasteiger partial charge in [0, 0.05) is 13.1 Å². The normalized spacial score (nSPS) is 9.67. The van der Waals surface area contributed by atoms with Crippen molar-refractivity contribution in [2.24, 2.45) is 0 Å². The van der Waals surface area contributed by atoms with Gasteiger partial charge in [-0.3, -0.25) is 4.79 Å². The lowest BCUT2D eigenvalue weighted by Gasteiger charge is -2.16. The zero-order valence-electron chi connectivity index (χ0n) is 8.77. The first-order valence-electron chi connectivity index (χ1n) is 4.62. The molecule has 1 amide bonds. The Kier molecular flexibility index (Phi) is 3.85. The third-order valence-corrected chi connectivity index (χ3v) is 1.79. The largest absolute Gasteiger partial charge is 0.438 e. The Labute approximate surface area is 88.9 Å². The second kappa shape index (κ2) is 5.14. The molecule has 0 bridgehead atoms. The Bertz CT molecular complexity index is 358. The van der Waals surface area contributed by atoms with Crippen molar-refractivity contribution in [2.45, 2.75) is 6.92 Å². The maximum atomic E-state index is 11.8. The van der Waals surface area contributed by atoms with Crippen molar-refractivity contribution in [3.8, 4) is 0 Å². The van der Waals surface area contributed by atoms with Crippen LogP contribution in [0.3, 0.4) is 0 Å². The molecule has 1 rings (SSSR count). The molecule has 1 heterocycles. The number of rotatable bonds is 5. The van der Waals surface area contributed by atoms with Crippen molar-refractivity contribution in [3.05, 3.63) is 43.2 Å². The summed E-state index contributed by atoms with van der Waals surface area (Å²) in [6.07, 6.45) is 4.82. The van der Waals surface area contributed by atoms with Crippen LogP contribution in [-0.4, -0.2) is 28.9 Å². The summed E-state index contributed by atoms with van der Waals surface area (Å²) in [5, 5.41) is 0. The average Bonchev–Trinajstić information content (AvgIpc) is 2.63. The quantitative estimate of drug-likeness (QED) is 0.690. The number of amides is 1. The second-order valence-electron chi connectivity index (χ2n) is 3.06. The molecule has 0 N–H and O–H groups in total. The summed E-state index contributed by atoms with van der Waals surface area (Å²) in [5.74, 6) is 0.481. The highest BCUT2D eigenvalue weighted by Gasteiger charge is 2.18. The van der Waals surface area contributed by atoms with Gasteiger partial charge in [0.15, 0.2) is 0 Å². The Hall–Kier alpha value is -1.84. The number of carbonyl (C=O) groups is 1. The Morgan fingerprint density at radius 1 is 1.53 bits per heavy atom. The van der Waals surface area contributed by atoms with Gasteiger partial charge in [-0.15, -0.1) is 13.2 Å². The first kappa shape index (κ1) is 11.2. The van der Waals surface area contributed by atoms with Crippen molar-refractivity contribution in [1.82, 2.24) is 9.88 Å². The van der Waals surface area contributed by atoms with Crippen LogP contribution in [0, 0.1) is 6.92 Å². The summed E-state index contributed by atoms with van der Waals surface area (Å²) in [6, 6.07) is 0. The standard InChI is InChI=1S/C11H14N2O2/c1-4-6-13(7-5-2)11(14)10-12-8-9(3)15-10/h4-5,8H,1-2,6-7H2,3H3. The Balaban J connectivity index is 2.79. The van der Waals surface area contributed by atoms with Crippen LogP contribution in [-0.2, 0) is 0 Å². The molecule has 0 radical (unpaired) electrons. The third-order valence-electron chi connectivity index (χ3n) is 1.79. The van der Waals surface area contributed by atoms with Gasteiger partial charge in [0.2, 0.25) is 0 Å². The molecule has 15 heavy (non-hydrogen) atoms. The van der Waals surface area contributed by atoms with Crippen molar-refractivity contribution in [2.75, 3.05) is 13.1 Å². The zero-order valence-corrected chi connectivity index (χ0v) is 8.77. The lowest BCUT2D eigenvalue weighted by Crippen LogP contribution is -2.31. The average molecular weight is 206 g/mol. The van der Waals surface area contributed by atoms with Gasteiger partial charge in [-0.25, -0.2) is 4.98 Å². The van der Waals surface area contributed by atoms with Gasteiger partial charge in [0.05, 0.1) is 6.20 Å². The highest BCUT2D eigenvalue weighted by Crippen LogP contribution is 2.05. The minimum absolute atomic E-state index is 0.108. The van der Waals surface area contributed by atoms with Crippen molar-refractivity contribution in [1.29, 1.82) is 0 Å². The van der Waals surface area contributed by atoms with Gasteiger partial charge < -0.3 is 9.32 Å².